The van der Waals surface area contributed by atoms with E-state index in [9.17, 15) is 4.79 Å². The van der Waals surface area contributed by atoms with Gasteiger partial charge in [0.05, 0.1) is 11.7 Å². The fourth-order valence-electron chi connectivity index (χ4n) is 2.97. The van der Waals surface area contributed by atoms with Gasteiger partial charge in [0.2, 0.25) is 0 Å². The molecule has 4 rings (SSSR count). The number of hydrogen-bond donors (Lipinski definition) is 0. The molecule has 3 nitrogen and oxygen atoms in total. The molecule has 1 aliphatic carbocycles. The maximum Gasteiger partial charge on any atom is 0.166 e. The van der Waals surface area contributed by atoms with Crippen molar-refractivity contribution in [2.24, 2.45) is 5.41 Å². The second-order valence-electron chi connectivity index (χ2n) is 6.13. The van der Waals surface area contributed by atoms with Gasteiger partial charge in [-0.3, -0.25) is 9.63 Å². The van der Waals surface area contributed by atoms with E-state index in [0.29, 0.717) is 6.42 Å². The molecule has 0 unspecified atom stereocenters. The lowest BCUT2D eigenvalue weighted by molar-refractivity contribution is -0.159. The summed E-state index contributed by atoms with van der Waals surface area (Å²) in [5, 5.41) is 1.95. The predicted molar refractivity (Wildman–Crippen MR) is 70.3 cm³/mol. The lowest BCUT2D eigenvalue weighted by atomic mass is 9.70. The fraction of sp³-hybridized carbons (Fsp3) is 0.533. The molecule has 3 fully saturated rings. The molecule has 2 bridgehead atoms. The van der Waals surface area contributed by atoms with E-state index >= 15 is 0 Å². The number of rotatable bonds is 1. The average molecular weight is 245 g/mol. The number of carbonyl (C=O) groups is 1. The van der Waals surface area contributed by atoms with E-state index in [2.05, 4.69) is 45.0 Å². The number of ketones is 1. The summed E-state index contributed by atoms with van der Waals surface area (Å²) in [7, 11) is 0. The van der Waals surface area contributed by atoms with Crippen LogP contribution in [-0.4, -0.2) is 17.9 Å². The third-order valence-corrected chi connectivity index (χ3v) is 4.18. The highest BCUT2D eigenvalue weighted by Gasteiger charge is 2.51. The monoisotopic (exact) mass is 245 g/mol. The highest BCUT2D eigenvalue weighted by Crippen LogP contribution is 2.45. The van der Waals surface area contributed by atoms with Crippen LogP contribution in [0, 0.1) is 12.3 Å². The van der Waals surface area contributed by atoms with Crippen molar-refractivity contribution in [3.63, 3.8) is 0 Å². The van der Waals surface area contributed by atoms with Crippen LogP contribution in [0.2, 0.25) is 0 Å². The van der Waals surface area contributed by atoms with Crippen molar-refractivity contribution in [3.05, 3.63) is 29.8 Å². The Bertz CT molecular complexity index is 478. The Balaban J connectivity index is 1.94. The second kappa shape index (κ2) is 3.82. The molecule has 2 saturated heterocycles. The maximum absolute atomic E-state index is 11.8. The molecule has 0 spiro atoms. The zero-order valence-corrected chi connectivity index (χ0v) is 11.1. The Morgan fingerprint density at radius 2 is 1.94 bits per heavy atom. The van der Waals surface area contributed by atoms with Crippen LogP contribution in [0.4, 0.5) is 5.69 Å². The van der Waals surface area contributed by atoms with Gasteiger partial charge in [-0.05, 0) is 30.9 Å². The maximum atomic E-state index is 11.8. The number of aryl methyl sites for hydroxylation is 1. The molecule has 2 heterocycles. The topological polar surface area (TPSA) is 29.5 Å². The molecule has 96 valence electrons. The molecule has 0 N–H and O–H groups in total. The summed E-state index contributed by atoms with van der Waals surface area (Å²) in [5.74, 6) is 0.252. The van der Waals surface area contributed by atoms with Gasteiger partial charge in [0.25, 0.3) is 0 Å². The standard InChI is InChI=1S/C15H19NO2/c1-10-4-6-11(7-5-10)16-14-8-12(17)13(18-16)9-15(14,2)3/h4-7,13-14H,8-9H2,1-3H3/t13-,14-/m1/s1. The zero-order chi connectivity index (χ0) is 12.9. The average Bonchev–Trinajstić information content (AvgIpc) is 2.31. The molecule has 2 atom stereocenters. The summed E-state index contributed by atoms with van der Waals surface area (Å²) in [6, 6.07) is 8.44. The van der Waals surface area contributed by atoms with Crippen LogP contribution < -0.4 is 5.06 Å². The van der Waals surface area contributed by atoms with Gasteiger partial charge in [-0.25, -0.2) is 5.06 Å². The Morgan fingerprint density at radius 1 is 1.28 bits per heavy atom. The molecule has 0 aromatic heterocycles. The summed E-state index contributed by atoms with van der Waals surface area (Å²) >= 11 is 0. The summed E-state index contributed by atoms with van der Waals surface area (Å²) < 4.78 is 0. The highest BCUT2D eigenvalue weighted by molar-refractivity contribution is 5.86. The van der Waals surface area contributed by atoms with Crippen LogP contribution >= 0.6 is 0 Å². The van der Waals surface area contributed by atoms with Crippen molar-refractivity contribution in [2.45, 2.75) is 45.8 Å². The van der Waals surface area contributed by atoms with Crippen molar-refractivity contribution in [1.29, 1.82) is 0 Å². The minimum absolute atomic E-state index is 0.127. The predicted octanol–water partition coefficient (Wildman–Crippen LogP) is 2.87. The van der Waals surface area contributed by atoms with Crippen LogP contribution in [0.3, 0.4) is 0 Å². The molecular weight excluding hydrogens is 226 g/mol. The molecule has 3 heteroatoms. The van der Waals surface area contributed by atoms with Gasteiger partial charge in [-0.1, -0.05) is 31.5 Å². The minimum atomic E-state index is -0.258. The number of nitrogens with zero attached hydrogens (tertiary/aromatic N) is 1. The Hall–Kier alpha value is -1.35. The van der Waals surface area contributed by atoms with Crippen molar-refractivity contribution in [1.82, 2.24) is 0 Å². The Morgan fingerprint density at radius 3 is 2.56 bits per heavy atom. The number of benzene rings is 1. The van der Waals surface area contributed by atoms with E-state index < -0.39 is 0 Å². The normalized spacial score (nSPS) is 29.7. The fourth-order valence-corrected chi connectivity index (χ4v) is 2.97. The largest absolute Gasteiger partial charge is 0.297 e. The smallest absolute Gasteiger partial charge is 0.166 e. The van der Waals surface area contributed by atoms with Crippen molar-refractivity contribution in [3.8, 4) is 0 Å². The molecule has 0 radical (unpaired) electrons. The van der Waals surface area contributed by atoms with Crippen LogP contribution in [0.15, 0.2) is 24.3 Å². The number of Topliss-reactive ketones (excluding diaryl/α,β-unsaturated/α-hetero) is 1. The summed E-state index contributed by atoms with van der Waals surface area (Å²) in [6.07, 6.45) is 1.18. The SMILES string of the molecule is Cc1ccc(N2O[C@@H]3CC(C)(C)[C@H]2CC3=O)cc1. The van der Waals surface area contributed by atoms with Gasteiger partial charge in [-0.15, -0.1) is 0 Å². The molecular formula is C15H19NO2. The van der Waals surface area contributed by atoms with Crippen LogP contribution in [0.25, 0.3) is 0 Å². The molecule has 1 aromatic carbocycles. The quantitative estimate of drug-likeness (QED) is 0.762. The number of carbonyl (C=O) groups excluding carboxylic acids is 1. The highest BCUT2D eigenvalue weighted by atomic mass is 16.7. The van der Waals surface area contributed by atoms with E-state index in [-0.39, 0.29) is 23.3 Å². The van der Waals surface area contributed by atoms with E-state index in [1.54, 1.807) is 0 Å². The lowest BCUT2D eigenvalue weighted by Crippen LogP contribution is -2.61. The van der Waals surface area contributed by atoms with Crippen LogP contribution in [0.1, 0.15) is 32.3 Å². The Kier molecular flexibility index (Phi) is 2.49. The van der Waals surface area contributed by atoms with Crippen LogP contribution in [-0.2, 0) is 9.63 Å². The molecule has 3 aliphatic rings. The minimum Gasteiger partial charge on any atom is -0.297 e. The number of fused-ring (bicyclic) bond motifs is 3. The first-order valence-electron chi connectivity index (χ1n) is 6.53. The third-order valence-electron chi connectivity index (χ3n) is 4.18. The lowest BCUT2D eigenvalue weighted by Gasteiger charge is -2.53. The van der Waals surface area contributed by atoms with Crippen molar-refractivity contribution < 1.29 is 9.63 Å². The van der Waals surface area contributed by atoms with E-state index in [4.69, 9.17) is 4.84 Å². The van der Waals surface area contributed by atoms with Gasteiger partial charge in [-0.2, -0.15) is 0 Å². The second-order valence-corrected chi connectivity index (χ2v) is 6.13. The van der Waals surface area contributed by atoms with Crippen LogP contribution in [0.5, 0.6) is 0 Å². The molecule has 1 saturated carbocycles. The van der Waals surface area contributed by atoms with Gasteiger partial charge in [0.1, 0.15) is 6.10 Å². The first kappa shape index (κ1) is 11.7. The summed E-state index contributed by atoms with van der Waals surface area (Å²) in [5.41, 5.74) is 2.41. The molecule has 2 aliphatic heterocycles. The zero-order valence-electron chi connectivity index (χ0n) is 11.1. The third kappa shape index (κ3) is 1.74. The molecule has 18 heavy (non-hydrogen) atoms. The summed E-state index contributed by atoms with van der Waals surface area (Å²) in [4.78, 5) is 17.7. The van der Waals surface area contributed by atoms with E-state index in [1.165, 1.54) is 5.56 Å². The first-order valence-corrected chi connectivity index (χ1v) is 6.53. The van der Waals surface area contributed by atoms with E-state index in [1.807, 2.05) is 5.06 Å². The van der Waals surface area contributed by atoms with Gasteiger partial charge >= 0.3 is 0 Å². The van der Waals surface area contributed by atoms with E-state index in [0.717, 1.165) is 12.1 Å². The van der Waals surface area contributed by atoms with Gasteiger partial charge < -0.3 is 0 Å². The van der Waals surface area contributed by atoms with Crippen molar-refractivity contribution >= 4 is 11.5 Å². The summed E-state index contributed by atoms with van der Waals surface area (Å²) in [6.45, 7) is 6.52. The number of hydroxylamine groups is 1. The Labute approximate surface area is 108 Å². The van der Waals surface area contributed by atoms with Gasteiger partial charge in [0.15, 0.2) is 5.78 Å². The van der Waals surface area contributed by atoms with Gasteiger partial charge in [0, 0.05) is 6.42 Å². The van der Waals surface area contributed by atoms with Crippen molar-refractivity contribution in [2.75, 3.05) is 5.06 Å². The number of anilines is 1. The molecule has 0 amide bonds. The number of hydrogen-bond acceptors (Lipinski definition) is 3. The first-order chi connectivity index (χ1) is 8.47. The molecule has 1 aromatic rings.